The Kier molecular flexibility index (Phi) is 6.39. The maximum absolute atomic E-state index is 12.3. The molecule has 2 aromatic rings. The molecule has 3 N–H and O–H groups in total. The minimum atomic E-state index is -0.671. The van der Waals surface area contributed by atoms with Crippen LogP contribution in [0.5, 0.6) is 0 Å². The summed E-state index contributed by atoms with van der Waals surface area (Å²) in [4.78, 5) is 38.5. The van der Waals surface area contributed by atoms with Crippen LogP contribution in [0.1, 0.15) is 30.1 Å². The number of aromatic amines is 1. The molecule has 25 heavy (non-hydrogen) atoms. The Morgan fingerprint density at radius 2 is 2.16 bits per heavy atom. The first kappa shape index (κ1) is 19.2. The van der Waals surface area contributed by atoms with Gasteiger partial charge < -0.3 is 20.2 Å². The molecule has 1 aromatic heterocycles. The summed E-state index contributed by atoms with van der Waals surface area (Å²) in [7, 11) is 0. The van der Waals surface area contributed by atoms with Gasteiger partial charge in [0, 0.05) is 18.7 Å². The number of carbonyl (C=O) groups excluding carboxylic acids is 1. The standard InChI is InChI=1S/C17H22N4O3.ClH/c1-2-21-14-6-5-12(8-13(14)20-16(23)17(21)24)15(22)19-10-11-4-3-7-18-9-11;/h5-6,8,11,18H,2-4,7,9-10H2,1H3,(H,19,22)(H,20,23);1H. The molecule has 1 aliphatic heterocycles. The second kappa shape index (κ2) is 8.31. The highest BCUT2D eigenvalue weighted by molar-refractivity contribution is 5.97. The van der Waals surface area contributed by atoms with Gasteiger partial charge in [0.25, 0.3) is 5.91 Å². The number of aromatic nitrogens is 2. The number of aryl methyl sites for hydroxylation is 1. The third-order valence-corrected chi connectivity index (χ3v) is 4.50. The predicted octanol–water partition coefficient (Wildman–Crippen LogP) is 0.861. The number of hydrogen-bond acceptors (Lipinski definition) is 4. The molecular weight excluding hydrogens is 344 g/mol. The first-order valence-corrected chi connectivity index (χ1v) is 8.36. The van der Waals surface area contributed by atoms with Gasteiger partial charge in [-0.15, -0.1) is 12.4 Å². The summed E-state index contributed by atoms with van der Waals surface area (Å²) in [5.41, 5.74) is 0.342. The zero-order chi connectivity index (χ0) is 17.1. The van der Waals surface area contributed by atoms with Crippen molar-refractivity contribution in [2.24, 2.45) is 5.92 Å². The Hall–Kier alpha value is -2.12. The molecule has 1 fully saturated rings. The summed E-state index contributed by atoms with van der Waals surface area (Å²) in [6, 6.07) is 5.00. The van der Waals surface area contributed by atoms with Gasteiger partial charge in [0.1, 0.15) is 0 Å². The summed E-state index contributed by atoms with van der Waals surface area (Å²) in [5.74, 6) is 0.283. The van der Waals surface area contributed by atoms with Crippen LogP contribution >= 0.6 is 12.4 Å². The van der Waals surface area contributed by atoms with Crippen molar-refractivity contribution < 1.29 is 4.79 Å². The maximum Gasteiger partial charge on any atom is 0.316 e. The van der Waals surface area contributed by atoms with Crippen molar-refractivity contribution >= 4 is 29.3 Å². The van der Waals surface area contributed by atoms with Gasteiger partial charge in [0.2, 0.25) is 0 Å². The summed E-state index contributed by atoms with van der Waals surface area (Å²) in [5, 5.41) is 6.27. The number of nitrogens with zero attached hydrogens (tertiary/aromatic N) is 1. The topological polar surface area (TPSA) is 96.0 Å². The minimum absolute atomic E-state index is 0. The van der Waals surface area contributed by atoms with E-state index < -0.39 is 11.1 Å². The second-order valence-corrected chi connectivity index (χ2v) is 6.16. The largest absolute Gasteiger partial charge is 0.352 e. The number of fused-ring (bicyclic) bond motifs is 1. The third kappa shape index (κ3) is 4.11. The van der Waals surface area contributed by atoms with Gasteiger partial charge in [-0.25, -0.2) is 0 Å². The average Bonchev–Trinajstić information content (AvgIpc) is 2.61. The van der Waals surface area contributed by atoms with Crippen LogP contribution in [0.3, 0.4) is 0 Å². The van der Waals surface area contributed by atoms with E-state index >= 15 is 0 Å². The Morgan fingerprint density at radius 1 is 1.36 bits per heavy atom. The smallest absolute Gasteiger partial charge is 0.316 e. The number of nitrogens with one attached hydrogen (secondary N) is 3. The molecule has 0 saturated carbocycles. The van der Waals surface area contributed by atoms with Crippen LogP contribution in [0.2, 0.25) is 0 Å². The molecule has 1 atom stereocenters. The number of amides is 1. The molecule has 3 rings (SSSR count). The lowest BCUT2D eigenvalue weighted by Gasteiger charge is -2.22. The molecule has 0 bridgehead atoms. The molecule has 1 saturated heterocycles. The fourth-order valence-corrected chi connectivity index (χ4v) is 3.17. The van der Waals surface area contributed by atoms with Gasteiger partial charge in [-0.2, -0.15) is 0 Å². The fraction of sp³-hybridized carbons (Fsp3) is 0.471. The molecule has 2 heterocycles. The normalized spacial score (nSPS) is 17.1. The van der Waals surface area contributed by atoms with Crippen molar-refractivity contribution in [3.05, 3.63) is 44.5 Å². The lowest BCUT2D eigenvalue weighted by Crippen LogP contribution is -2.38. The van der Waals surface area contributed by atoms with Crippen LogP contribution in [0, 0.1) is 5.92 Å². The van der Waals surface area contributed by atoms with Crippen LogP contribution in [0.15, 0.2) is 27.8 Å². The molecule has 1 aliphatic rings. The van der Waals surface area contributed by atoms with Crippen LogP contribution in [-0.4, -0.2) is 35.1 Å². The molecule has 7 nitrogen and oxygen atoms in total. The number of hydrogen-bond donors (Lipinski definition) is 3. The van der Waals surface area contributed by atoms with E-state index in [4.69, 9.17) is 0 Å². The molecular formula is C17H23ClN4O3. The van der Waals surface area contributed by atoms with Gasteiger partial charge >= 0.3 is 11.1 Å². The number of benzene rings is 1. The predicted molar refractivity (Wildman–Crippen MR) is 99.7 cm³/mol. The van der Waals surface area contributed by atoms with Crippen LogP contribution in [0.4, 0.5) is 0 Å². The number of piperidine rings is 1. The third-order valence-electron chi connectivity index (χ3n) is 4.50. The highest BCUT2D eigenvalue weighted by atomic mass is 35.5. The summed E-state index contributed by atoms with van der Waals surface area (Å²) >= 11 is 0. The van der Waals surface area contributed by atoms with E-state index in [2.05, 4.69) is 15.6 Å². The Bertz CT molecular complexity index is 868. The van der Waals surface area contributed by atoms with Crippen molar-refractivity contribution in [2.75, 3.05) is 19.6 Å². The van der Waals surface area contributed by atoms with E-state index in [0.717, 1.165) is 25.9 Å². The minimum Gasteiger partial charge on any atom is -0.352 e. The number of rotatable bonds is 4. The van der Waals surface area contributed by atoms with E-state index in [1.54, 1.807) is 25.1 Å². The van der Waals surface area contributed by atoms with Crippen molar-refractivity contribution in [1.29, 1.82) is 0 Å². The first-order valence-electron chi connectivity index (χ1n) is 8.36. The van der Waals surface area contributed by atoms with E-state index in [1.807, 2.05) is 0 Å². The van der Waals surface area contributed by atoms with Crippen molar-refractivity contribution in [3.8, 4) is 0 Å². The average molecular weight is 367 g/mol. The molecule has 1 amide bonds. The van der Waals surface area contributed by atoms with E-state index in [9.17, 15) is 14.4 Å². The van der Waals surface area contributed by atoms with E-state index in [1.165, 1.54) is 4.57 Å². The molecule has 8 heteroatoms. The van der Waals surface area contributed by atoms with Gasteiger partial charge in [0.15, 0.2) is 0 Å². The highest BCUT2D eigenvalue weighted by Crippen LogP contribution is 2.13. The van der Waals surface area contributed by atoms with Crippen molar-refractivity contribution in [2.45, 2.75) is 26.3 Å². The highest BCUT2D eigenvalue weighted by Gasteiger charge is 2.15. The number of halogens is 1. The Labute approximate surface area is 151 Å². The fourth-order valence-electron chi connectivity index (χ4n) is 3.17. The van der Waals surface area contributed by atoms with Gasteiger partial charge in [-0.1, -0.05) is 0 Å². The van der Waals surface area contributed by atoms with Crippen LogP contribution in [0.25, 0.3) is 11.0 Å². The zero-order valence-corrected chi connectivity index (χ0v) is 14.9. The molecule has 1 unspecified atom stereocenters. The zero-order valence-electron chi connectivity index (χ0n) is 14.1. The van der Waals surface area contributed by atoms with Gasteiger partial charge in [-0.3, -0.25) is 14.4 Å². The van der Waals surface area contributed by atoms with Gasteiger partial charge in [-0.05, 0) is 57.0 Å². The Balaban J connectivity index is 0.00000225. The molecule has 0 radical (unpaired) electrons. The van der Waals surface area contributed by atoms with Gasteiger partial charge in [0.05, 0.1) is 11.0 Å². The summed E-state index contributed by atoms with van der Waals surface area (Å²) < 4.78 is 1.41. The SMILES string of the molecule is CCn1c(=O)c(=O)[nH]c2cc(C(=O)NCC3CCCNC3)ccc21.Cl. The quantitative estimate of drug-likeness (QED) is 0.699. The van der Waals surface area contributed by atoms with Crippen LogP contribution in [-0.2, 0) is 6.54 Å². The van der Waals surface area contributed by atoms with Crippen molar-refractivity contribution in [1.82, 2.24) is 20.2 Å². The molecule has 1 aromatic carbocycles. The van der Waals surface area contributed by atoms with E-state index in [-0.39, 0.29) is 18.3 Å². The first-order chi connectivity index (χ1) is 11.6. The number of H-pyrrole nitrogens is 1. The molecule has 0 spiro atoms. The lowest BCUT2D eigenvalue weighted by atomic mass is 9.99. The van der Waals surface area contributed by atoms with E-state index in [0.29, 0.717) is 35.6 Å². The molecule has 0 aliphatic carbocycles. The monoisotopic (exact) mass is 366 g/mol. The summed E-state index contributed by atoms with van der Waals surface area (Å²) in [6.07, 6.45) is 2.24. The Morgan fingerprint density at radius 3 is 2.84 bits per heavy atom. The lowest BCUT2D eigenvalue weighted by molar-refractivity contribution is 0.0945. The van der Waals surface area contributed by atoms with Crippen molar-refractivity contribution in [3.63, 3.8) is 0 Å². The maximum atomic E-state index is 12.3. The molecule has 136 valence electrons. The second-order valence-electron chi connectivity index (χ2n) is 6.16. The van der Waals surface area contributed by atoms with Crippen LogP contribution < -0.4 is 21.8 Å². The summed E-state index contributed by atoms with van der Waals surface area (Å²) in [6.45, 7) is 4.81. The number of carbonyl (C=O) groups is 1.